The smallest absolute Gasteiger partial charge is 0.134 e. The molecule has 1 nitrogen and oxygen atoms in total. The first kappa shape index (κ1) is 15.7. The molecule has 0 aliphatic heterocycles. The van der Waals surface area contributed by atoms with Gasteiger partial charge in [-0.2, -0.15) is 0 Å². The van der Waals surface area contributed by atoms with E-state index in [0.717, 1.165) is 44.2 Å². The minimum Gasteiger partial charge on any atom is -0.495 e. The zero-order valence-electron chi connectivity index (χ0n) is 13.9. The van der Waals surface area contributed by atoms with E-state index in [2.05, 4.69) is 36.4 Å². The highest BCUT2D eigenvalue weighted by Crippen LogP contribution is 2.50. The second-order valence-corrected chi connectivity index (χ2v) is 6.25. The number of fused-ring (bicyclic) bond motifs is 1. The Kier molecular flexibility index (Phi) is 4.17. The molecule has 0 amide bonds. The van der Waals surface area contributed by atoms with Crippen molar-refractivity contribution in [1.29, 1.82) is 0 Å². The minimum absolute atomic E-state index is 0.766. The van der Waals surface area contributed by atoms with Gasteiger partial charge in [-0.15, -0.1) is 0 Å². The molecule has 0 heterocycles. The van der Waals surface area contributed by atoms with Crippen molar-refractivity contribution in [2.24, 2.45) is 0 Å². The molecule has 122 valence electrons. The first-order chi connectivity index (χ1) is 12.3. The monoisotopic (exact) mass is 344 g/mol. The first-order valence-electron chi connectivity index (χ1n) is 8.20. The number of benzene rings is 3. The van der Waals surface area contributed by atoms with Crippen molar-refractivity contribution >= 4 is 33.5 Å². The molecule has 0 unspecified atom stereocenters. The van der Waals surface area contributed by atoms with Crippen molar-refractivity contribution < 1.29 is 4.74 Å². The molecule has 1 aliphatic rings. The average molecular weight is 345 g/mol. The summed E-state index contributed by atoms with van der Waals surface area (Å²) >= 11 is 6.82. The summed E-state index contributed by atoms with van der Waals surface area (Å²) in [6, 6.07) is 28.6. The van der Waals surface area contributed by atoms with Crippen LogP contribution in [0.25, 0.3) is 21.9 Å². The van der Waals surface area contributed by atoms with E-state index in [4.69, 9.17) is 16.3 Å². The molecule has 0 radical (unpaired) electrons. The molecule has 1 aliphatic carbocycles. The molecular formula is C23H17ClO. The van der Waals surface area contributed by atoms with E-state index in [1.807, 2.05) is 48.5 Å². The van der Waals surface area contributed by atoms with Crippen LogP contribution in [0.5, 0.6) is 0 Å². The van der Waals surface area contributed by atoms with Gasteiger partial charge in [0.25, 0.3) is 0 Å². The molecule has 0 spiro atoms. The quantitative estimate of drug-likeness (QED) is 0.505. The van der Waals surface area contributed by atoms with Gasteiger partial charge in [-0.25, -0.2) is 0 Å². The summed E-state index contributed by atoms with van der Waals surface area (Å²) in [5.41, 5.74) is 6.33. The molecule has 0 fully saturated rings. The van der Waals surface area contributed by atoms with Crippen LogP contribution in [-0.2, 0) is 4.74 Å². The lowest BCUT2D eigenvalue weighted by Gasteiger charge is -2.15. The number of hydrogen-bond donors (Lipinski definition) is 0. The summed E-state index contributed by atoms with van der Waals surface area (Å²) in [7, 11) is 1.72. The number of allylic oxidation sites excluding steroid dienone is 2. The highest BCUT2D eigenvalue weighted by molar-refractivity contribution is 6.58. The second-order valence-electron chi connectivity index (χ2n) is 5.87. The van der Waals surface area contributed by atoms with Gasteiger partial charge in [-0.3, -0.25) is 0 Å². The SMILES string of the molecule is CO/C(=C1/C(c2ccccc2)=C(Cl)c2ccccc21)c1ccccc1. The average Bonchev–Trinajstić information content (AvgIpc) is 2.97. The maximum atomic E-state index is 6.82. The predicted octanol–water partition coefficient (Wildman–Crippen LogP) is 6.32. The molecule has 0 bridgehead atoms. The summed E-state index contributed by atoms with van der Waals surface area (Å²) in [5, 5.41) is 0.766. The lowest BCUT2D eigenvalue weighted by atomic mass is 9.94. The fraction of sp³-hybridized carbons (Fsp3) is 0.0435. The zero-order valence-corrected chi connectivity index (χ0v) is 14.6. The van der Waals surface area contributed by atoms with Crippen LogP contribution < -0.4 is 0 Å². The Morgan fingerprint density at radius 3 is 1.92 bits per heavy atom. The van der Waals surface area contributed by atoms with E-state index in [1.165, 1.54) is 0 Å². The van der Waals surface area contributed by atoms with Crippen LogP contribution >= 0.6 is 11.6 Å². The Morgan fingerprint density at radius 2 is 1.28 bits per heavy atom. The van der Waals surface area contributed by atoms with Gasteiger partial charge in [-0.05, 0) is 11.1 Å². The maximum absolute atomic E-state index is 6.82. The summed E-state index contributed by atoms with van der Waals surface area (Å²) in [6.07, 6.45) is 0. The Balaban J connectivity index is 2.06. The molecule has 0 N–H and O–H groups in total. The number of rotatable bonds is 3. The molecule has 0 saturated carbocycles. The van der Waals surface area contributed by atoms with Crippen molar-refractivity contribution in [2.45, 2.75) is 0 Å². The predicted molar refractivity (Wildman–Crippen MR) is 106 cm³/mol. The summed E-state index contributed by atoms with van der Waals surface area (Å²) in [6.45, 7) is 0. The molecule has 0 aromatic heterocycles. The van der Waals surface area contributed by atoms with E-state index in [9.17, 15) is 0 Å². The summed E-state index contributed by atoms with van der Waals surface area (Å²) in [5.74, 6) is 0.836. The Morgan fingerprint density at radius 1 is 0.720 bits per heavy atom. The van der Waals surface area contributed by atoms with Crippen LogP contribution in [0.3, 0.4) is 0 Å². The number of hydrogen-bond acceptors (Lipinski definition) is 1. The topological polar surface area (TPSA) is 9.23 Å². The normalized spacial score (nSPS) is 15.1. The van der Waals surface area contributed by atoms with Gasteiger partial charge in [-0.1, -0.05) is 96.5 Å². The molecule has 3 aromatic carbocycles. The number of halogens is 1. The van der Waals surface area contributed by atoms with Crippen molar-refractivity contribution in [2.75, 3.05) is 7.11 Å². The molecule has 4 rings (SSSR count). The molecule has 0 saturated heterocycles. The molecule has 3 aromatic rings. The lowest BCUT2D eigenvalue weighted by molar-refractivity contribution is 0.372. The van der Waals surface area contributed by atoms with E-state index in [-0.39, 0.29) is 0 Å². The van der Waals surface area contributed by atoms with Gasteiger partial charge in [0.2, 0.25) is 0 Å². The van der Waals surface area contributed by atoms with Crippen LogP contribution in [-0.4, -0.2) is 7.11 Å². The van der Waals surface area contributed by atoms with Crippen LogP contribution in [0.15, 0.2) is 84.9 Å². The summed E-state index contributed by atoms with van der Waals surface area (Å²) < 4.78 is 5.86. The van der Waals surface area contributed by atoms with Crippen molar-refractivity contribution in [3.63, 3.8) is 0 Å². The van der Waals surface area contributed by atoms with E-state index in [1.54, 1.807) is 7.11 Å². The van der Waals surface area contributed by atoms with Crippen molar-refractivity contribution in [3.05, 3.63) is 107 Å². The Bertz CT molecular complexity index is 969. The van der Waals surface area contributed by atoms with Crippen LogP contribution in [0.2, 0.25) is 0 Å². The van der Waals surface area contributed by atoms with Crippen LogP contribution in [0.1, 0.15) is 22.3 Å². The van der Waals surface area contributed by atoms with Crippen LogP contribution in [0.4, 0.5) is 0 Å². The fourth-order valence-electron chi connectivity index (χ4n) is 3.34. The second kappa shape index (κ2) is 6.62. The molecular weight excluding hydrogens is 328 g/mol. The standard InChI is InChI=1S/C23H17ClO/c1-25-23(17-12-6-3-7-13-17)21-18-14-8-9-15-19(18)22(24)20(21)16-10-4-2-5-11-16/h2-15H,1H3/b23-21+. The fourth-order valence-corrected chi connectivity index (χ4v) is 3.71. The Labute approximate surface area is 152 Å². The van der Waals surface area contributed by atoms with Gasteiger partial charge in [0.05, 0.1) is 12.1 Å². The molecule has 2 heteroatoms. The Hall–Kier alpha value is -2.77. The maximum Gasteiger partial charge on any atom is 0.134 e. The van der Waals surface area contributed by atoms with E-state index < -0.39 is 0 Å². The minimum atomic E-state index is 0.766. The number of methoxy groups -OCH3 is 1. The third-order valence-corrected chi connectivity index (χ3v) is 4.82. The van der Waals surface area contributed by atoms with Crippen molar-refractivity contribution in [1.82, 2.24) is 0 Å². The highest BCUT2D eigenvalue weighted by Gasteiger charge is 2.29. The first-order valence-corrected chi connectivity index (χ1v) is 8.58. The third-order valence-electron chi connectivity index (χ3n) is 4.43. The molecule has 25 heavy (non-hydrogen) atoms. The van der Waals surface area contributed by atoms with Gasteiger partial charge >= 0.3 is 0 Å². The van der Waals surface area contributed by atoms with E-state index in [0.29, 0.717) is 0 Å². The zero-order chi connectivity index (χ0) is 17.2. The van der Waals surface area contributed by atoms with Gasteiger partial charge < -0.3 is 4.74 Å². The van der Waals surface area contributed by atoms with Crippen molar-refractivity contribution in [3.8, 4) is 0 Å². The lowest BCUT2D eigenvalue weighted by Crippen LogP contribution is -1.95. The van der Waals surface area contributed by atoms with E-state index >= 15 is 0 Å². The summed E-state index contributed by atoms with van der Waals surface area (Å²) in [4.78, 5) is 0. The number of ether oxygens (including phenoxy) is 1. The highest BCUT2D eigenvalue weighted by atomic mass is 35.5. The van der Waals surface area contributed by atoms with Crippen LogP contribution in [0, 0.1) is 0 Å². The van der Waals surface area contributed by atoms with Gasteiger partial charge in [0, 0.05) is 22.3 Å². The molecule has 0 atom stereocenters. The van der Waals surface area contributed by atoms with Gasteiger partial charge in [0.1, 0.15) is 5.76 Å². The third kappa shape index (κ3) is 2.67. The van der Waals surface area contributed by atoms with Gasteiger partial charge in [0.15, 0.2) is 0 Å². The largest absolute Gasteiger partial charge is 0.495 e.